The van der Waals surface area contributed by atoms with Crippen molar-refractivity contribution in [3.8, 4) is 5.75 Å². The molecule has 6 nitrogen and oxygen atoms in total. The van der Waals surface area contributed by atoms with Gasteiger partial charge in [-0.25, -0.2) is 8.42 Å². The highest BCUT2D eigenvalue weighted by molar-refractivity contribution is 7.89. The van der Waals surface area contributed by atoms with E-state index in [9.17, 15) is 13.2 Å². The number of piperidine rings is 1. The van der Waals surface area contributed by atoms with Crippen LogP contribution in [0.3, 0.4) is 0 Å². The van der Waals surface area contributed by atoms with E-state index in [1.54, 1.807) is 23.1 Å². The minimum Gasteiger partial charge on any atom is -0.497 e. The molecular weight excluding hydrogens is 436 g/mol. The number of ether oxygens (including phenoxy) is 1. The van der Waals surface area contributed by atoms with Gasteiger partial charge < -0.3 is 9.64 Å². The van der Waals surface area contributed by atoms with E-state index >= 15 is 0 Å². The van der Waals surface area contributed by atoms with Gasteiger partial charge in [0.05, 0.1) is 12.0 Å². The highest BCUT2D eigenvalue weighted by Gasteiger charge is 2.31. The van der Waals surface area contributed by atoms with E-state index in [1.807, 2.05) is 18.2 Å². The van der Waals surface area contributed by atoms with E-state index in [1.165, 1.54) is 19.2 Å². The average molecular weight is 465 g/mol. The van der Waals surface area contributed by atoms with Gasteiger partial charge in [-0.1, -0.05) is 36.7 Å². The fourth-order valence-corrected chi connectivity index (χ4v) is 5.15. The van der Waals surface area contributed by atoms with Crippen molar-refractivity contribution in [3.63, 3.8) is 0 Å². The van der Waals surface area contributed by atoms with E-state index in [-0.39, 0.29) is 10.8 Å². The summed E-state index contributed by atoms with van der Waals surface area (Å²) >= 11 is 6.26. The van der Waals surface area contributed by atoms with Crippen LogP contribution in [-0.4, -0.2) is 45.5 Å². The molecule has 0 aliphatic carbocycles. The van der Waals surface area contributed by atoms with Crippen molar-refractivity contribution in [2.45, 2.75) is 43.5 Å². The molecule has 0 saturated carbocycles. The molecule has 1 aliphatic rings. The fraction of sp³-hybridized carbons (Fsp3) is 0.435. The van der Waals surface area contributed by atoms with Crippen LogP contribution in [0.25, 0.3) is 0 Å². The summed E-state index contributed by atoms with van der Waals surface area (Å²) in [4.78, 5) is 15.1. The molecule has 1 aliphatic heterocycles. The lowest BCUT2D eigenvalue weighted by Gasteiger charge is -2.33. The standard InChI is InChI=1S/C23H29ClN2O4S/c1-17-13-15-26(16-14-17)23(27)22(12-7-18-5-3-4-6-21(18)24)25-31(28,29)20-10-8-19(30-2)9-11-20/h3-6,8-11,17,22,25H,7,12-16H2,1-2H3. The highest BCUT2D eigenvalue weighted by atomic mass is 35.5. The van der Waals surface area contributed by atoms with Crippen LogP contribution in [0.2, 0.25) is 5.02 Å². The minimum absolute atomic E-state index is 0.0936. The van der Waals surface area contributed by atoms with E-state index in [0.717, 1.165) is 18.4 Å². The number of nitrogens with one attached hydrogen (secondary N) is 1. The maximum atomic E-state index is 13.3. The minimum atomic E-state index is -3.88. The first kappa shape index (κ1) is 23.6. The number of rotatable bonds is 8. The van der Waals surface area contributed by atoms with Crippen LogP contribution < -0.4 is 9.46 Å². The highest BCUT2D eigenvalue weighted by Crippen LogP contribution is 2.22. The van der Waals surface area contributed by atoms with E-state index in [4.69, 9.17) is 16.3 Å². The molecule has 31 heavy (non-hydrogen) atoms. The summed E-state index contributed by atoms with van der Waals surface area (Å²) in [7, 11) is -2.36. The topological polar surface area (TPSA) is 75.7 Å². The molecule has 8 heteroatoms. The molecule has 2 aromatic rings. The summed E-state index contributed by atoms with van der Waals surface area (Å²) < 4.78 is 33.8. The number of likely N-dealkylation sites (tertiary alicyclic amines) is 1. The van der Waals surface area contributed by atoms with Crippen LogP contribution in [0.4, 0.5) is 0 Å². The SMILES string of the molecule is COc1ccc(S(=O)(=O)NC(CCc2ccccc2Cl)C(=O)N2CCC(C)CC2)cc1. The van der Waals surface area contributed by atoms with Crippen LogP contribution in [0.15, 0.2) is 53.4 Å². The third-order valence-electron chi connectivity index (χ3n) is 5.72. The molecule has 2 aromatic carbocycles. The quantitative estimate of drug-likeness (QED) is 0.643. The Balaban J connectivity index is 1.79. The zero-order valence-electron chi connectivity index (χ0n) is 17.9. The molecule has 1 atom stereocenters. The second kappa shape index (κ2) is 10.5. The number of aryl methyl sites for hydroxylation is 1. The summed E-state index contributed by atoms with van der Waals surface area (Å²) in [6, 6.07) is 12.7. The van der Waals surface area contributed by atoms with Gasteiger partial charge >= 0.3 is 0 Å². The third-order valence-corrected chi connectivity index (χ3v) is 7.58. The Labute approximate surface area is 189 Å². The molecule has 1 amide bonds. The molecule has 1 saturated heterocycles. The molecule has 1 fully saturated rings. The fourth-order valence-electron chi connectivity index (χ4n) is 3.69. The van der Waals surface area contributed by atoms with E-state index in [2.05, 4.69) is 11.6 Å². The molecule has 0 radical (unpaired) electrons. The number of amides is 1. The Kier molecular flexibility index (Phi) is 7.97. The molecule has 168 valence electrons. The molecular formula is C23H29ClN2O4S. The van der Waals surface area contributed by atoms with Gasteiger partial charge in [-0.15, -0.1) is 0 Å². The number of sulfonamides is 1. The average Bonchev–Trinajstić information content (AvgIpc) is 2.77. The van der Waals surface area contributed by atoms with Gasteiger partial charge in [-0.2, -0.15) is 4.72 Å². The van der Waals surface area contributed by atoms with E-state index < -0.39 is 16.1 Å². The number of carbonyl (C=O) groups excluding carboxylic acids is 1. The Morgan fingerprint density at radius 2 is 1.81 bits per heavy atom. The second-order valence-corrected chi connectivity index (χ2v) is 10.1. The molecule has 1 N–H and O–H groups in total. The summed E-state index contributed by atoms with van der Waals surface area (Å²) in [6.45, 7) is 3.46. The van der Waals surface area contributed by atoms with Crippen molar-refractivity contribution in [1.29, 1.82) is 0 Å². The van der Waals surface area contributed by atoms with Crippen molar-refractivity contribution >= 4 is 27.5 Å². The van der Waals surface area contributed by atoms with Gasteiger partial charge in [-0.05, 0) is 67.5 Å². The number of benzene rings is 2. The summed E-state index contributed by atoms with van der Waals surface area (Å²) in [5.41, 5.74) is 0.887. The van der Waals surface area contributed by atoms with Crippen LogP contribution in [-0.2, 0) is 21.2 Å². The Morgan fingerprint density at radius 1 is 1.16 bits per heavy atom. The first-order chi connectivity index (χ1) is 14.8. The Bertz CT molecular complexity index is 987. The first-order valence-electron chi connectivity index (χ1n) is 10.5. The molecule has 1 heterocycles. The third kappa shape index (κ3) is 6.21. The zero-order chi connectivity index (χ0) is 22.4. The lowest BCUT2D eigenvalue weighted by molar-refractivity contribution is -0.134. The number of halogens is 1. The Morgan fingerprint density at radius 3 is 2.42 bits per heavy atom. The van der Waals surface area contributed by atoms with Crippen LogP contribution >= 0.6 is 11.6 Å². The van der Waals surface area contributed by atoms with Crippen molar-refractivity contribution in [1.82, 2.24) is 9.62 Å². The molecule has 3 rings (SSSR count). The second-order valence-electron chi connectivity index (χ2n) is 7.99. The number of carbonyl (C=O) groups is 1. The monoisotopic (exact) mass is 464 g/mol. The van der Waals surface area contributed by atoms with Crippen LogP contribution in [0, 0.1) is 5.92 Å². The van der Waals surface area contributed by atoms with Gasteiger partial charge in [0.15, 0.2) is 0 Å². The summed E-state index contributed by atoms with van der Waals surface area (Å²) in [6.07, 6.45) is 2.66. The number of hydrogen-bond donors (Lipinski definition) is 1. The van der Waals surface area contributed by atoms with Crippen LogP contribution in [0.5, 0.6) is 5.75 Å². The van der Waals surface area contributed by atoms with Gasteiger partial charge in [0, 0.05) is 18.1 Å². The van der Waals surface area contributed by atoms with Crippen LogP contribution in [0.1, 0.15) is 31.7 Å². The van der Waals surface area contributed by atoms with Gasteiger partial charge in [0.2, 0.25) is 15.9 Å². The normalized spacial score (nSPS) is 16.2. The zero-order valence-corrected chi connectivity index (χ0v) is 19.5. The van der Waals surface area contributed by atoms with Gasteiger partial charge in [0.1, 0.15) is 11.8 Å². The smallest absolute Gasteiger partial charge is 0.241 e. The maximum Gasteiger partial charge on any atom is 0.241 e. The molecule has 0 bridgehead atoms. The maximum absolute atomic E-state index is 13.3. The van der Waals surface area contributed by atoms with Crippen molar-refractivity contribution in [2.75, 3.05) is 20.2 Å². The molecule has 1 unspecified atom stereocenters. The Hall–Kier alpha value is -2.09. The van der Waals surface area contributed by atoms with E-state index in [0.29, 0.717) is 42.6 Å². The van der Waals surface area contributed by atoms with Gasteiger partial charge in [-0.3, -0.25) is 4.79 Å². The summed E-state index contributed by atoms with van der Waals surface area (Å²) in [5.74, 6) is 0.949. The molecule has 0 aromatic heterocycles. The molecule has 0 spiro atoms. The van der Waals surface area contributed by atoms with Gasteiger partial charge in [0.25, 0.3) is 0 Å². The lowest BCUT2D eigenvalue weighted by Crippen LogP contribution is -2.50. The first-order valence-corrected chi connectivity index (χ1v) is 12.3. The number of hydrogen-bond acceptors (Lipinski definition) is 4. The van der Waals surface area contributed by atoms with Crippen molar-refractivity contribution in [2.24, 2.45) is 5.92 Å². The largest absolute Gasteiger partial charge is 0.497 e. The number of methoxy groups -OCH3 is 1. The summed E-state index contributed by atoms with van der Waals surface area (Å²) in [5, 5.41) is 0.610. The van der Waals surface area contributed by atoms with Crippen molar-refractivity contribution in [3.05, 3.63) is 59.1 Å². The predicted molar refractivity (Wildman–Crippen MR) is 122 cm³/mol. The lowest BCUT2D eigenvalue weighted by atomic mass is 9.98. The predicted octanol–water partition coefficient (Wildman–Crippen LogP) is 3.89. The van der Waals surface area contributed by atoms with Crippen molar-refractivity contribution < 1.29 is 17.9 Å². The number of nitrogens with zero attached hydrogens (tertiary/aromatic N) is 1.